The fourth-order valence-corrected chi connectivity index (χ4v) is 4.46. The molecule has 3 aromatic rings. The van der Waals surface area contributed by atoms with Gasteiger partial charge >= 0.3 is 0 Å². The maximum Gasteiger partial charge on any atom is 0.290 e. The van der Waals surface area contributed by atoms with Gasteiger partial charge in [-0.2, -0.15) is 0 Å². The Bertz CT molecular complexity index is 1250. The van der Waals surface area contributed by atoms with Gasteiger partial charge in [-0.05, 0) is 63.1 Å². The van der Waals surface area contributed by atoms with E-state index >= 15 is 0 Å². The molecule has 33 heavy (non-hydrogen) atoms. The number of amides is 1. The zero-order valence-corrected chi connectivity index (χ0v) is 20.3. The van der Waals surface area contributed by atoms with Crippen LogP contribution in [-0.4, -0.2) is 41.8 Å². The van der Waals surface area contributed by atoms with Gasteiger partial charge in [0, 0.05) is 17.6 Å². The van der Waals surface area contributed by atoms with Crippen molar-refractivity contribution in [2.45, 2.75) is 39.3 Å². The minimum Gasteiger partial charge on any atom is -0.504 e. The zero-order valence-electron chi connectivity index (χ0n) is 18.8. The van der Waals surface area contributed by atoms with Crippen LogP contribution in [0.3, 0.4) is 0 Å². The summed E-state index contributed by atoms with van der Waals surface area (Å²) in [5, 5.41) is 10.6. The second-order valence-corrected chi connectivity index (χ2v) is 9.06. The molecular weight excluding hydrogens is 490 g/mol. The van der Waals surface area contributed by atoms with E-state index in [4.69, 9.17) is 13.9 Å². The van der Waals surface area contributed by atoms with Crippen molar-refractivity contribution >= 4 is 32.8 Å². The Hall–Kier alpha value is -2.84. The van der Waals surface area contributed by atoms with E-state index in [0.29, 0.717) is 54.0 Å². The van der Waals surface area contributed by atoms with E-state index in [-0.39, 0.29) is 28.9 Å². The van der Waals surface area contributed by atoms with Gasteiger partial charge in [-0.1, -0.05) is 22.0 Å². The van der Waals surface area contributed by atoms with Crippen LogP contribution in [0.4, 0.5) is 0 Å². The highest BCUT2D eigenvalue weighted by molar-refractivity contribution is 9.10. The molecule has 0 fully saturated rings. The molecular formula is C25H26BrNO6. The molecule has 4 rings (SSSR count). The van der Waals surface area contributed by atoms with Crippen molar-refractivity contribution < 1.29 is 23.8 Å². The van der Waals surface area contributed by atoms with Gasteiger partial charge in [0.2, 0.25) is 5.76 Å². The third kappa shape index (κ3) is 4.50. The third-order valence-corrected chi connectivity index (χ3v) is 6.01. The second-order valence-electron chi connectivity index (χ2n) is 8.15. The van der Waals surface area contributed by atoms with Crippen LogP contribution < -0.4 is 10.2 Å². The first kappa shape index (κ1) is 23.3. The SMILES string of the molecule is CCOc1cc(C2c3c(oc4ccc(Br)cc4c3=O)C(=O)N2CCCOC(C)C)ccc1O. The van der Waals surface area contributed by atoms with E-state index in [9.17, 15) is 14.7 Å². The number of phenols is 1. The van der Waals surface area contributed by atoms with E-state index in [1.807, 2.05) is 20.8 Å². The van der Waals surface area contributed by atoms with Crippen LogP contribution in [0.2, 0.25) is 0 Å². The number of ether oxygens (including phenoxy) is 2. The van der Waals surface area contributed by atoms with E-state index in [1.54, 1.807) is 35.2 Å². The van der Waals surface area contributed by atoms with Gasteiger partial charge in [0.15, 0.2) is 16.9 Å². The molecule has 0 spiro atoms. The lowest BCUT2D eigenvalue weighted by atomic mass is 9.98. The van der Waals surface area contributed by atoms with Gasteiger partial charge in [0.1, 0.15) is 5.58 Å². The van der Waals surface area contributed by atoms with Crippen LogP contribution in [0, 0.1) is 0 Å². The summed E-state index contributed by atoms with van der Waals surface area (Å²) in [5.74, 6) is 0.00607. The number of halogens is 1. The van der Waals surface area contributed by atoms with E-state index in [1.165, 1.54) is 6.07 Å². The molecule has 7 nitrogen and oxygen atoms in total. The van der Waals surface area contributed by atoms with Crippen LogP contribution in [0.5, 0.6) is 11.5 Å². The molecule has 0 radical (unpaired) electrons. The van der Waals surface area contributed by atoms with E-state index in [2.05, 4.69) is 15.9 Å². The highest BCUT2D eigenvalue weighted by atomic mass is 79.9. The largest absolute Gasteiger partial charge is 0.504 e. The summed E-state index contributed by atoms with van der Waals surface area (Å²) in [4.78, 5) is 28.6. The number of fused-ring (bicyclic) bond motifs is 2. The van der Waals surface area contributed by atoms with Crippen molar-refractivity contribution in [2.75, 3.05) is 19.8 Å². The first-order chi connectivity index (χ1) is 15.8. The van der Waals surface area contributed by atoms with Gasteiger partial charge in [0.05, 0.1) is 29.7 Å². The van der Waals surface area contributed by atoms with Gasteiger partial charge in [-0.25, -0.2) is 0 Å². The Labute approximate surface area is 200 Å². The quantitative estimate of drug-likeness (QED) is 0.423. The van der Waals surface area contributed by atoms with Crippen LogP contribution in [0.1, 0.15) is 54.9 Å². The lowest BCUT2D eigenvalue weighted by Crippen LogP contribution is -2.31. The predicted octanol–water partition coefficient (Wildman–Crippen LogP) is 5.02. The maximum absolute atomic E-state index is 13.6. The van der Waals surface area contributed by atoms with Crippen molar-refractivity contribution in [2.24, 2.45) is 0 Å². The molecule has 0 saturated carbocycles. The number of rotatable bonds is 8. The molecule has 2 heterocycles. The number of carbonyl (C=O) groups is 1. The molecule has 1 atom stereocenters. The zero-order chi connectivity index (χ0) is 23.7. The van der Waals surface area contributed by atoms with Crippen LogP contribution in [0.15, 0.2) is 50.1 Å². The minimum absolute atomic E-state index is 0.00323. The molecule has 174 valence electrons. The molecule has 1 unspecified atom stereocenters. The first-order valence-electron chi connectivity index (χ1n) is 11.0. The highest BCUT2D eigenvalue weighted by Crippen LogP contribution is 2.41. The summed E-state index contributed by atoms with van der Waals surface area (Å²) in [6.07, 6.45) is 0.689. The molecule has 1 aliphatic heterocycles. The molecule has 1 N–H and O–H groups in total. The summed E-state index contributed by atoms with van der Waals surface area (Å²) in [6, 6.07) is 9.37. The Balaban J connectivity index is 1.84. The normalized spacial score (nSPS) is 15.5. The molecule has 1 amide bonds. The van der Waals surface area contributed by atoms with Crippen LogP contribution in [0.25, 0.3) is 11.0 Å². The highest BCUT2D eigenvalue weighted by Gasteiger charge is 2.42. The summed E-state index contributed by atoms with van der Waals surface area (Å²) >= 11 is 3.40. The average Bonchev–Trinajstić information content (AvgIpc) is 3.05. The van der Waals surface area contributed by atoms with Crippen molar-refractivity contribution in [3.05, 3.63) is 68.0 Å². The van der Waals surface area contributed by atoms with Crippen molar-refractivity contribution in [1.29, 1.82) is 0 Å². The van der Waals surface area contributed by atoms with Gasteiger partial charge < -0.3 is 23.9 Å². The van der Waals surface area contributed by atoms with Crippen molar-refractivity contribution in [3.8, 4) is 11.5 Å². The lowest BCUT2D eigenvalue weighted by molar-refractivity contribution is 0.0593. The molecule has 0 bridgehead atoms. The Morgan fingerprint density at radius 1 is 1.18 bits per heavy atom. The van der Waals surface area contributed by atoms with Crippen molar-refractivity contribution in [3.63, 3.8) is 0 Å². The Kier molecular flexibility index (Phi) is 6.76. The van der Waals surface area contributed by atoms with Crippen molar-refractivity contribution in [1.82, 2.24) is 4.90 Å². The van der Waals surface area contributed by atoms with Gasteiger partial charge in [0.25, 0.3) is 5.91 Å². The first-order valence-corrected chi connectivity index (χ1v) is 11.8. The monoisotopic (exact) mass is 515 g/mol. The fourth-order valence-electron chi connectivity index (χ4n) is 4.10. The number of aromatic hydroxyl groups is 1. The molecule has 1 aliphatic rings. The van der Waals surface area contributed by atoms with Crippen LogP contribution in [-0.2, 0) is 4.74 Å². The summed E-state index contributed by atoms with van der Waals surface area (Å²) in [6.45, 7) is 6.97. The maximum atomic E-state index is 13.6. The number of nitrogens with zero attached hydrogens (tertiary/aromatic N) is 1. The fraction of sp³-hybridized carbons (Fsp3) is 0.360. The van der Waals surface area contributed by atoms with Gasteiger partial charge in [-0.15, -0.1) is 0 Å². The number of hydrogen-bond acceptors (Lipinski definition) is 6. The summed E-state index contributed by atoms with van der Waals surface area (Å²) < 4.78 is 17.9. The molecule has 0 saturated heterocycles. The van der Waals surface area contributed by atoms with Crippen LogP contribution >= 0.6 is 15.9 Å². The lowest BCUT2D eigenvalue weighted by Gasteiger charge is -2.25. The third-order valence-electron chi connectivity index (χ3n) is 5.52. The summed E-state index contributed by atoms with van der Waals surface area (Å²) in [5.41, 5.74) is 1.07. The number of benzene rings is 2. The number of carbonyl (C=O) groups excluding carboxylic acids is 1. The summed E-state index contributed by atoms with van der Waals surface area (Å²) in [7, 11) is 0. The van der Waals surface area contributed by atoms with E-state index in [0.717, 1.165) is 4.47 Å². The second kappa shape index (κ2) is 9.57. The molecule has 2 aromatic carbocycles. The average molecular weight is 516 g/mol. The Morgan fingerprint density at radius 3 is 2.70 bits per heavy atom. The van der Waals surface area contributed by atoms with Gasteiger partial charge in [-0.3, -0.25) is 9.59 Å². The topological polar surface area (TPSA) is 89.2 Å². The molecule has 1 aromatic heterocycles. The molecule has 8 heteroatoms. The Morgan fingerprint density at radius 2 is 1.97 bits per heavy atom. The van der Waals surface area contributed by atoms with E-state index < -0.39 is 6.04 Å². The number of hydrogen-bond donors (Lipinski definition) is 1. The molecule has 0 aliphatic carbocycles. The number of phenolic OH excluding ortho intramolecular Hbond substituents is 1. The standard InChI is InChI=1S/C25H26BrNO6/c1-4-31-20-12-15(6-8-18(20)28)22-21-23(29)17-13-16(26)7-9-19(17)33-24(21)25(30)27(22)10-5-11-32-14(2)3/h6-9,12-14,22,28H,4-5,10-11H2,1-3H3. The smallest absolute Gasteiger partial charge is 0.290 e. The minimum atomic E-state index is -0.661. The predicted molar refractivity (Wildman–Crippen MR) is 128 cm³/mol.